The summed E-state index contributed by atoms with van der Waals surface area (Å²) in [6.45, 7) is 4.21. The highest BCUT2D eigenvalue weighted by Gasteiger charge is 2.19. The fraction of sp³-hybridized carbons (Fsp3) is 0.214. The average molecular weight is 532 g/mol. The maximum absolute atomic E-state index is 12.7. The Morgan fingerprint density at radius 1 is 0.895 bits per heavy atom. The van der Waals surface area contributed by atoms with E-state index in [1.807, 2.05) is 36.6 Å². The lowest BCUT2D eigenvalue weighted by Crippen LogP contribution is -2.24. The quantitative estimate of drug-likeness (QED) is 0.289. The molecule has 196 valence electrons. The van der Waals surface area contributed by atoms with Gasteiger partial charge in [-0.25, -0.2) is 0 Å². The molecule has 38 heavy (non-hydrogen) atoms. The van der Waals surface area contributed by atoms with Crippen LogP contribution in [0.1, 0.15) is 27.3 Å². The predicted octanol–water partition coefficient (Wildman–Crippen LogP) is 4.56. The Morgan fingerprint density at radius 3 is 2.21 bits per heavy atom. The number of carbonyl (C=O) groups is 2. The van der Waals surface area contributed by atoms with Crippen molar-refractivity contribution in [2.24, 2.45) is 0 Å². The fourth-order valence-corrected chi connectivity index (χ4v) is 4.50. The number of carbonyl (C=O) groups excluding carboxylic acids is 2. The van der Waals surface area contributed by atoms with Gasteiger partial charge in [0.15, 0.2) is 11.0 Å². The molecule has 0 bridgehead atoms. The third-order valence-electron chi connectivity index (χ3n) is 5.98. The number of nitrogens with zero attached hydrogens (tertiary/aromatic N) is 3. The van der Waals surface area contributed by atoms with E-state index in [0.717, 1.165) is 16.8 Å². The van der Waals surface area contributed by atoms with E-state index in [1.165, 1.54) is 11.8 Å². The van der Waals surface area contributed by atoms with Crippen molar-refractivity contribution in [2.45, 2.75) is 25.5 Å². The van der Waals surface area contributed by atoms with Crippen LogP contribution >= 0.6 is 11.8 Å². The Kier molecular flexibility index (Phi) is 8.65. The first-order valence-electron chi connectivity index (χ1n) is 11.9. The van der Waals surface area contributed by atoms with Gasteiger partial charge in [-0.2, -0.15) is 0 Å². The summed E-state index contributed by atoms with van der Waals surface area (Å²) in [5, 5.41) is 15.0. The molecule has 0 saturated heterocycles. The van der Waals surface area contributed by atoms with Gasteiger partial charge in [0.05, 0.1) is 32.2 Å². The maximum Gasteiger partial charge on any atom is 0.251 e. The molecule has 0 radical (unpaired) electrons. The van der Waals surface area contributed by atoms with Crippen LogP contribution in [0.2, 0.25) is 0 Å². The lowest BCUT2D eigenvalue weighted by Gasteiger charge is -2.15. The number of amides is 2. The van der Waals surface area contributed by atoms with E-state index < -0.39 is 0 Å². The largest absolute Gasteiger partial charge is 0.497 e. The molecule has 9 nitrogen and oxygen atoms in total. The molecule has 1 aromatic heterocycles. The maximum atomic E-state index is 12.7. The van der Waals surface area contributed by atoms with Crippen molar-refractivity contribution in [1.82, 2.24) is 20.1 Å². The number of aryl methyl sites for hydroxylation is 1. The first-order chi connectivity index (χ1) is 18.4. The number of hydrogen-bond donors (Lipinski definition) is 2. The molecule has 0 aliphatic heterocycles. The van der Waals surface area contributed by atoms with Crippen molar-refractivity contribution in [3.05, 3.63) is 89.2 Å². The van der Waals surface area contributed by atoms with Crippen LogP contribution in [0.3, 0.4) is 0 Å². The second-order valence-electron chi connectivity index (χ2n) is 8.43. The second-order valence-corrected chi connectivity index (χ2v) is 9.37. The van der Waals surface area contributed by atoms with Gasteiger partial charge >= 0.3 is 0 Å². The highest BCUT2D eigenvalue weighted by atomic mass is 32.2. The summed E-state index contributed by atoms with van der Waals surface area (Å²) in [4.78, 5) is 25.4. The minimum atomic E-state index is -0.240. The summed E-state index contributed by atoms with van der Waals surface area (Å²) in [6, 6.07) is 20.0. The van der Waals surface area contributed by atoms with Crippen molar-refractivity contribution in [3.63, 3.8) is 0 Å². The van der Waals surface area contributed by atoms with Crippen LogP contribution in [-0.4, -0.2) is 46.6 Å². The minimum absolute atomic E-state index is 0.132. The van der Waals surface area contributed by atoms with Crippen molar-refractivity contribution in [1.29, 1.82) is 0 Å². The standard InChI is InChI=1S/C28H29N5O4S/c1-18-6-5-7-24(19(18)2)33-25(16-29-27(35)20-8-12-22(36-3)13-9-20)31-32-28(33)38-17-26(34)30-21-10-14-23(37-4)15-11-21/h5-15H,16-17H2,1-4H3,(H,29,35)(H,30,34). The van der Waals surface area contributed by atoms with Crippen LogP contribution in [0.5, 0.6) is 11.5 Å². The normalized spacial score (nSPS) is 10.6. The van der Waals surface area contributed by atoms with Gasteiger partial charge in [0.2, 0.25) is 5.91 Å². The van der Waals surface area contributed by atoms with E-state index in [-0.39, 0.29) is 24.1 Å². The Labute approximate surface area is 225 Å². The van der Waals surface area contributed by atoms with E-state index >= 15 is 0 Å². The molecule has 0 unspecified atom stereocenters. The SMILES string of the molecule is COc1ccc(NC(=O)CSc2nnc(CNC(=O)c3ccc(OC)cc3)n2-c2cccc(C)c2C)cc1. The Bertz CT molecular complexity index is 1420. The number of nitrogens with one attached hydrogen (secondary N) is 2. The number of hydrogen-bond acceptors (Lipinski definition) is 7. The number of aromatic nitrogens is 3. The molecule has 0 aliphatic carbocycles. The van der Waals surface area contributed by atoms with Crippen LogP contribution in [0.15, 0.2) is 71.9 Å². The lowest BCUT2D eigenvalue weighted by molar-refractivity contribution is -0.113. The average Bonchev–Trinajstić information content (AvgIpc) is 3.35. The van der Waals surface area contributed by atoms with Gasteiger partial charge in [-0.05, 0) is 79.6 Å². The molecule has 4 aromatic rings. The summed E-state index contributed by atoms with van der Waals surface area (Å²) in [6.07, 6.45) is 0. The van der Waals surface area contributed by atoms with Crippen LogP contribution in [0.25, 0.3) is 5.69 Å². The van der Waals surface area contributed by atoms with Gasteiger partial charge in [-0.15, -0.1) is 10.2 Å². The van der Waals surface area contributed by atoms with Gasteiger partial charge in [-0.3, -0.25) is 14.2 Å². The molecule has 10 heteroatoms. The lowest BCUT2D eigenvalue weighted by atomic mass is 10.1. The smallest absolute Gasteiger partial charge is 0.251 e. The number of ether oxygens (including phenoxy) is 2. The molecule has 0 aliphatic rings. The Balaban J connectivity index is 1.51. The number of thioether (sulfide) groups is 1. The molecule has 1 heterocycles. The minimum Gasteiger partial charge on any atom is -0.497 e. The predicted molar refractivity (Wildman–Crippen MR) is 147 cm³/mol. The molecular formula is C28H29N5O4S. The molecule has 0 fully saturated rings. The van der Waals surface area contributed by atoms with E-state index in [1.54, 1.807) is 62.8 Å². The zero-order chi connectivity index (χ0) is 27.1. The topological polar surface area (TPSA) is 107 Å². The van der Waals surface area contributed by atoms with Crippen molar-refractivity contribution in [3.8, 4) is 17.2 Å². The van der Waals surface area contributed by atoms with Gasteiger partial charge < -0.3 is 20.1 Å². The number of anilines is 1. The third kappa shape index (κ3) is 6.33. The van der Waals surface area contributed by atoms with Gasteiger partial charge in [0.25, 0.3) is 5.91 Å². The molecule has 0 saturated carbocycles. The van der Waals surface area contributed by atoms with Crippen molar-refractivity contribution < 1.29 is 19.1 Å². The first-order valence-corrected chi connectivity index (χ1v) is 12.9. The zero-order valence-electron chi connectivity index (χ0n) is 21.6. The molecule has 2 amide bonds. The first kappa shape index (κ1) is 26.7. The number of benzene rings is 3. The van der Waals surface area contributed by atoms with Gasteiger partial charge in [0, 0.05) is 11.3 Å². The van der Waals surface area contributed by atoms with E-state index in [0.29, 0.717) is 33.7 Å². The van der Waals surface area contributed by atoms with Crippen LogP contribution in [-0.2, 0) is 11.3 Å². The molecular weight excluding hydrogens is 502 g/mol. The fourth-order valence-electron chi connectivity index (χ4n) is 3.73. The molecule has 0 spiro atoms. The van der Waals surface area contributed by atoms with E-state index in [2.05, 4.69) is 20.8 Å². The summed E-state index contributed by atoms with van der Waals surface area (Å²) < 4.78 is 12.2. The molecule has 4 rings (SSSR count). The third-order valence-corrected chi connectivity index (χ3v) is 6.91. The highest BCUT2D eigenvalue weighted by Crippen LogP contribution is 2.26. The second kappa shape index (κ2) is 12.3. The monoisotopic (exact) mass is 531 g/mol. The molecule has 3 aromatic carbocycles. The summed E-state index contributed by atoms with van der Waals surface area (Å²) in [5.41, 5.74) is 4.24. The number of rotatable bonds is 10. The summed E-state index contributed by atoms with van der Waals surface area (Å²) >= 11 is 1.27. The zero-order valence-corrected chi connectivity index (χ0v) is 22.5. The van der Waals surface area contributed by atoms with Crippen molar-refractivity contribution in [2.75, 3.05) is 25.3 Å². The van der Waals surface area contributed by atoms with Gasteiger partial charge in [0.1, 0.15) is 11.5 Å². The molecule has 0 atom stereocenters. The van der Waals surface area contributed by atoms with Crippen molar-refractivity contribution >= 4 is 29.3 Å². The van der Waals surface area contributed by atoms with Crippen LogP contribution < -0.4 is 20.1 Å². The Morgan fingerprint density at radius 2 is 1.55 bits per heavy atom. The van der Waals surface area contributed by atoms with E-state index in [4.69, 9.17) is 9.47 Å². The highest BCUT2D eigenvalue weighted by molar-refractivity contribution is 7.99. The van der Waals surface area contributed by atoms with Crippen LogP contribution in [0.4, 0.5) is 5.69 Å². The summed E-state index contributed by atoms with van der Waals surface area (Å²) in [7, 11) is 3.17. The van der Waals surface area contributed by atoms with Gasteiger partial charge in [-0.1, -0.05) is 23.9 Å². The summed E-state index contributed by atoms with van der Waals surface area (Å²) in [5.74, 6) is 1.66. The number of methoxy groups -OCH3 is 2. The Hall–Kier alpha value is -4.31. The van der Waals surface area contributed by atoms with Crippen LogP contribution in [0, 0.1) is 13.8 Å². The van der Waals surface area contributed by atoms with E-state index in [9.17, 15) is 9.59 Å². The molecule has 2 N–H and O–H groups in total.